The van der Waals surface area contributed by atoms with Gasteiger partial charge in [-0.3, -0.25) is 9.78 Å². The zero-order valence-corrected chi connectivity index (χ0v) is 16.7. The van der Waals surface area contributed by atoms with Crippen molar-refractivity contribution in [1.82, 2.24) is 25.1 Å². The lowest BCUT2D eigenvalue weighted by Crippen LogP contribution is -2.22. The number of carbonyl (C=O) groups is 1. The molecule has 0 unspecified atom stereocenters. The highest BCUT2D eigenvalue weighted by Crippen LogP contribution is 2.25. The SMILES string of the molecule is O=C(NCc1cccs1)c1cc(-c2cccnc2)nc2c1cnn2Cc1ccco1. The fourth-order valence-corrected chi connectivity index (χ4v) is 3.88. The zero-order valence-electron chi connectivity index (χ0n) is 15.9. The highest BCUT2D eigenvalue weighted by molar-refractivity contribution is 7.09. The molecular formula is C22H17N5O2S. The second-order valence-electron chi connectivity index (χ2n) is 6.68. The molecule has 0 spiro atoms. The lowest BCUT2D eigenvalue weighted by Gasteiger charge is -2.09. The Morgan fingerprint density at radius 3 is 2.90 bits per heavy atom. The van der Waals surface area contributed by atoms with E-state index in [0.29, 0.717) is 35.4 Å². The van der Waals surface area contributed by atoms with Gasteiger partial charge in [0.1, 0.15) is 12.3 Å². The maximum Gasteiger partial charge on any atom is 0.252 e. The number of amides is 1. The summed E-state index contributed by atoms with van der Waals surface area (Å²) in [6.45, 7) is 0.902. The third-order valence-corrected chi connectivity index (χ3v) is 5.58. The predicted octanol–water partition coefficient (Wildman–Crippen LogP) is 4.13. The van der Waals surface area contributed by atoms with Gasteiger partial charge in [0.15, 0.2) is 5.65 Å². The van der Waals surface area contributed by atoms with Gasteiger partial charge in [-0.1, -0.05) is 6.07 Å². The molecule has 0 aliphatic carbocycles. The van der Waals surface area contributed by atoms with Gasteiger partial charge < -0.3 is 9.73 Å². The number of nitrogens with one attached hydrogen (secondary N) is 1. The molecule has 7 nitrogen and oxygen atoms in total. The Morgan fingerprint density at radius 2 is 2.13 bits per heavy atom. The van der Waals surface area contributed by atoms with Gasteiger partial charge in [-0.05, 0) is 41.8 Å². The molecule has 30 heavy (non-hydrogen) atoms. The molecule has 0 aromatic carbocycles. The van der Waals surface area contributed by atoms with E-state index in [9.17, 15) is 4.79 Å². The molecule has 0 aliphatic heterocycles. The highest BCUT2D eigenvalue weighted by Gasteiger charge is 2.18. The second-order valence-corrected chi connectivity index (χ2v) is 7.71. The number of aromatic nitrogens is 4. The molecule has 1 N–H and O–H groups in total. The lowest BCUT2D eigenvalue weighted by atomic mass is 10.1. The smallest absolute Gasteiger partial charge is 0.252 e. The first kappa shape index (κ1) is 18.3. The topological polar surface area (TPSA) is 85.8 Å². The van der Waals surface area contributed by atoms with Crippen LogP contribution in [0.5, 0.6) is 0 Å². The van der Waals surface area contributed by atoms with Gasteiger partial charge in [0.05, 0.1) is 35.6 Å². The molecule has 0 saturated carbocycles. The van der Waals surface area contributed by atoms with E-state index in [1.54, 1.807) is 46.9 Å². The summed E-state index contributed by atoms with van der Waals surface area (Å²) in [6.07, 6.45) is 6.74. The van der Waals surface area contributed by atoms with Gasteiger partial charge in [-0.2, -0.15) is 5.10 Å². The van der Waals surface area contributed by atoms with Crippen LogP contribution in [-0.2, 0) is 13.1 Å². The van der Waals surface area contributed by atoms with E-state index in [1.807, 2.05) is 41.8 Å². The first-order chi connectivity index (χ1) is 14.8. The molecular weight excluding hydrogens is 398 g/mol. The average molecular weight is 415 g/mol. The summed E-state index contributed by atoms with van der Waals surface area (Å²) in [5, 5.41) is 10.1. The van der Waals surface area contributed by atoms with Crippen LogP contribution < -0.4 is 5.32 Å². The molecule has 5 rings (SSSR count). The van der Waals surface area contributed by atoms with Crippen molar-refractivity contribution in [2.75, 3.05) is 0 Å². The highest BCUT2D eigenvalue weighted by atomic mass is 32.1. The van der Waals surface area contributed by atoms with E-state index in [1.165, 1.54) is 0 Å². The molecule has 8 heteroatoms. The summed E-state index contributed by atoms with van der Waals surface area (Å²) >= 11 is 1.61. The van der Waals surface area contributed by atoms with Crippen LogP contribution in [-0.4, -0.2) is 25.7 Å². The molecule has 0 aliphatic rings. The third kappa shape index (κ3) is 3.60. The summed E-state index contributed by atoms with van der Waals surface area (Å²) in [5.74, 6) is 0.593. The zero-order chi connectivity index (χ0) is 20.3. The number of fused-ring (bicyclic) bond motifs is 1. The molecule has 5 heterocycles. The van der Waals surface area contributed by atoms with Crippen LogP contribution in [0.2, 0.25) is 0 Å². The lowest BCUT2D eigenvalue weighted by molar-refractivity contribution is 0.0953. The van der Waals surface area contributed by atoms with Crippen LogP contribution in [0.15, 0.2) is 77.1 Å². The molecule has 0 atom stereocenters. The minimum Gasteiger partial charge on any atom is -0.467 e. The van der Waals surface area contributed by atoms with Gasteiger partial charge in [-0.15, -0.1) is 11.3 Å². The number of nitrogens with zero attached hydrogens (tertiary/aromatic N) is 4. The first-order valence-electron chi connectivity index (χ1n) is 9.38. The van der Waals surface area contributed by atoms with Gasteiger partial charge in [-0.25, -0.2) is 9.67 Å². The van der Waals surface area contributed by atoms with Crippen LogP contribution >= 0.6 is 11.3 Å². The maximum absolute atomic E-state index is 13.1. The van der Waals surface area contributed by atoms with Crippen molar-refractivity contribution in [3.63, 3.8) is 0 Å². The minimum absolute atomic E-state index is 0.168. The third-order valence-electron chi connectivity index (χ3n) is 4.70. The summed E-state index contributed by atoms with van der Waals surface area (Å²) in [6, 6.07) is 13.2. The molecule has 0 saturated heterocycles. The van der Waals surface area contributed by atoms with Gasteiger partial charge in [0, 0.05) is 22.8 Å². The Kier molecular flexibility index (Phi) is 4.82. The Balaban J connectivity index is 1.57. The van der Waals surface area contributed by atoms with Crippen LogP contribution in [0.3, 0.4) is 0 Å². The molecule has 0 fully saturated rings. The van der Waals surface area contributed by atoms with E-state index in [4.69, 9.17) is 9.40 Å². The number of thiophene rings is 1. The van der Waals surface area contributed by atoms with Gasteiger partial charge in [0.2, 0.25) is 0 Å². The van der Waals surface area contributed by atoms with Crippen LogP contribution in [0, 0.1) is 0 Å². The van der Waals surface area contributed by atoms with Crippen molar-refractivity contribution < 1.29 is 9.21 Å². The fourth-order valence-electron chi connectivity index (χ4n) is 3.24. The number of rotatable bonds is 6. The van der Waals surface area contributed by atoms with Crippen molar-refractivity contribution in [2.45, 2.75) is 13.1 Å². The number of hydrogen-bond acceptors (Lipinski definition) is 6. The van der Waals surface area contributed by atoms with E-state index in [0.717, 1.165) is 16.2 Å². The quantitative estimate of drug-likeness (QED) is 0.451. The standard InChI is InChI=1S/C22H17N5O2S/c28-22(24-12-17-6-3-9-30-17)18-10-20(15-4-1-7-23-11-15)26-21-19(18)13-25-27(21)14-16-5-2-8-29-16/h1-11,13H,12,14H2,(H,24,28). The first-order valence-corrected chi connectivity index (χ1v) is 10.3. The van der Waals surface area contributed by atoms with E-state index in [-0.39, 0.29) is 5.91 Å². The second kappa shape index (κ2) is 7.92. The monoisotopic (exact) mass is 415 g/mol. The Labute approximate surface area is 176 Å². The van der Waals surface area contributed by atoms with Crippen LogP contribution in [0.25, 0.3) is 22.3 Å². The van der Waals surface area contributed by atoms with Gasteiger partial charge in [0.25, 0.3) is 5.91 Å². The van der Waals surface area contributed by atoms with Crippen molar-refractivity contribution >= 4 is 28.3 Å². The number of pyridine rings is 2. The fraction of sp³-hybridized carbons (Fsp3) is 0.0909. The minimum atomic E-state index is -0.168. The average Bonchev–Trinajstić information content (AvgIpc) is 3.55. The number of hydrogen-bond donors (Lipinski definition) is 1. The summed E-state index contributed by atoms with van der Waals surface area (Å²) in [7, 11) is 0. The van der Waals surface area contributed by atoms with Crippen LogP contribution in [0.4, 0.5) is 0 Å². The van der Waals surface area contributed by atoms with E-state index >= 15 is 0 Å². The normalized spacial score (nSPS) is 11.1. The van der Waals surface area contributed by atoms with Crippen molar-refractivity contribution in [3.05, 3.63) is 88.9 Å². The number of carbonyl (C=O) groups excluding carboxylic acids is 1. The molecule has 0 radical (unpaired) electrons. The molecule has 0 bridgehead atoms. The summed E-state index contributed by atoms with van der Waals surface area (Å²) < 4.78 is 7.19. The Bertz CT molecular complexity index is 1280. The van der Waals surface area contributed by atoms with Crippen molar-refractivity contribution in [3.8, 4) is 11.3 Å². The molecule has 5 aromatic rings. The maximum atomic E-state index is 13.1. The van der Waals surface area contributed by atoms with Crippen LogP contribution in [0.1, 0.15) is 21.0 Å². The van der Waals surface area contributed by atoms with E-state index < -0.39 is 0 Å². The molecule has 1 amide bonds. The van der Waals surface area contributed by atoms with Crippen molar-refractivity contribution in [2.24, 2.45) is 0 Å². The Hall–Kier alpha value is -3.78. The predicted molar refractivity (Wildman–Crippen MR) is 114 cm³/mol. The van der Waals surface area contributed by atoms with Crippen molar-refractivity contribution in [1.29, 1.82) is 0 Å². The summed E-state index contributed by atoms with van der Waals surface area (Å²) in [5.41, 5.74) is 2.64. The Morgan fingerprint density at radius 1 is 1.17 bits per heavy atom. The largest absolute Gasteiger partial charge is 0.467 e. The number of furan rings is 1. The molecule has 148 valence electrons. The van der Waals surface area contributed by atoms with E-state index in [2.05, 4.69) is 15.4 Å². The molecule has 5 aromatic heterocycles. The van der Waals surface area contributed by atoms with Gasteiger partial charge >= 0.3 is 0 Å². The summed E-state index contributed by atoms with van der Waals surface area (Å²) in [4.78, 5) is 23.1.